The highest BCUT2D eigenvalue weighted by Crippen LogP contribution is 2.26. The highest BCUT2D eigenvalue weighted by atomic mass is 16.6. The second-order valence-electron chi connectivity index (χ2n) is 6.98. The van der Waals surface area contributed by atoms with Crippen LogP contribution in [0.5, 0.6) is 0 Å². The number of methoxy groups -OCH3 is 2. The van der Waals surface area contributed by atoms with Gasteiger partial charge in [0.05, 0.1) is 25.9 Å². The Labute approximate surface area is 158 Å². The molecule has 2 heterocycles. The molecule has 10 nitrogen and oxygen atoms in total. The minimum atomic E-state index is -1.33. The molecule has 5 N–H and O–H groups in total. The molecule has 2 saturated heterocycles. The van der Waals surface area contributed by atoms with Crippen molar-refractivity contribution >= 4 is 0 Å². The van der Waals surface area contributed by atoms with Crippen LogP contribution in [0.2, 0.25) is 0 Å². The summed E-state index contributed by atoms with van der Waals surface area (Å²) < 4.78 is 27.0. The Kier molecular flexibility index (Phi) is 8.81. The SMILES string of the molecule is CC[C@H]1O[C@H](COC[C@H]2O[C@H](COC)[C@@H](O)[C@H](OC)[C@@H]2O)[C@@H](O)[C@@H](O)[C@@H]1O. The molecule has 0 amide bonds. The van der Waals surface area contributed by atoms with Gasteiger partial charge in [-0.2, -0.15) is 0 Å². The van der Waals surface area contributed by atoms with Gasteiger partial charge in [-0.05, 0) is 6.42 Å². The first-order valence-electron chi connectivity index (χ1n) is 9.16. The second kappa shape index (κ2) is 10.4. The number of aliphatic hydroxyl groups excluding tert-OH is 5. The van der Waals surface area contributed by atoms with Gasteiger partial charge in [0.15, 0.2) is 0 Å². The molecule has 0 aromatic rings. The third kappa shape index (κ3) is 5.15. The largest absolute Gasteiger partial charge is 0.388 e. The van der Waals surface area contributed by atoms with E-state index < -0.39 is 61.0 Å². The van der Waals surface area contributed by atoms with E-state index in [2.05, 4.69) is 0 Å². The highest BCUT2D eigenvalue weighted by molar-refractivity contribution is 4.94. The van der Waals surface area contributed by atoms with E-state index >= 15 is 0 Å². The lowest BCUT2D eigenvalue weighted by Crippen LogP contribution is -2.61. The maximum atomic E-state index is 10.3. The summed E-state index contributed by atoms with van der Waals surface area (Å²) in [4.78, 5) is 0. The Morgan fingerprint density at radius 2 is 1.15 bits per heavy atom. The lowest BCUT2D eigenvalue weighted by molar-refractivity contribution is -0.256. The second-order valence-corrected chi connectivity index (χ2v) is 6.98. The fraction of sp³-hybridized carbons (Fsp3) is 1.00. The summed E-state index contributed by atoms with van der Waals surface area (Å²) in [5.74, 6) is 0. The third-order valence-corrected chi connectivity index (χ3v) is 5.17. The van der Waals surface area contributed by atoms with Crippen molar-refractivity contribution in [2.45, 2.75) is 74.4 Å². The quantitative estimate of drug-likeness (QED) is 0.296. The molecule has 0 aromatic carbocycles. The van der Waals surface area contributed by atoms with Gasteiger partial charge in [-0.15, -0.1) is 0 Å². The topological polar surface area (TPSA) is 147 Å². The molecule has 10 atom stereocenters. The fourth-order valence-corrected chi connectivity index (χ4v) is 3.53. The van der Waals surface area contributed by atoms with Crippen LogP contribution >= 0.6 is 0 Å². The molecule has 2 rings (SSSR count). The maximum absolute atomic E-state index is 10.3. The predicted octanol–water partition coefficient (Wildman–Crippen LogP) is -2.59. The molecular weight excluding hydrogens is 364 g/mol. The first-order chi connectivity index (χ1) is 12.8. The van der Waals surface area contributed by atoms with Gasteiger partial charge in [0, 0.05) is 14.2 Å². The van der Waals surface area contributed by atoms with E-state index in [-0.39, 0.29) is 19.8 Å². The molecule has 27 heavy (non-hydrogen) atoms. The predicted molar refractivity (Wildman–Crippen MR) is 91.1 cm³/mol. The van der Waals surface area contributed by atoms with Crippen molar-refractivity contribution in [3.63, 3.8) is 0 Å². The zero-order chi connectivity index (χ0) is 20.1. The van der Waals surface area contributed by atoms with Crippen LogP contribution in [-0.2, 0) is 23.7 Å². The molecule has 0 spiro atoms. The molecule has 0 aromatic heterocycles. The monoisotopic (exact) mass is 396 g/mol. The van der Waals surface area contributed by atoms with Gasteiger partial charge >= 0.3 is 0 Å². The van der Waals surface area contributed by atoms with Crippen LogP contribution < -0.4 is 0 Å². The zero-order valence-corrected chi connectivity index (χ0v) is 15.9. The first kappa shape index (κ1) is 22.9. The van der Waals surface area contributed by atoms with Crippen molar-refractivity contribution in [1.82, 2.24) is 0 Å². The standard InChI is InChI=1S/C17H32O10/c1-4-8-12(18)16(22)13(19)10(26-8)6-25-7-11-15(21)17(24-3)14(20)9(27-11)5-23-2/h8-22H,4-7H2,1-3H3/t8-,9-,10-,11-,12-,13-,14-,15-,16+,17+/m1/s1. The summed E-state index contributed by atoms with van der Waals surface area (Å²) in [6.07, 6.45) is -9.24. The summed E-state index contributed by atoms with van der Waals surface area (Å²) >= 11 is 0. The van der Waals surface area contributed by atoms with Crippen molar-refractivity contribution in [2.75, 3.05) is 34.0 Å². The first-order valence-corrected chi connectivity index (χ1v) is 9.16. The van der Waals surface area contributed by atoms with Crippen LogP contribution in [0.1, 0.15) is 13.3 Å². The number of hydrogen-bond donors (Lipinski definition) is 5. The van der Waals surface area contributed by atoms with Crippen LogP contribution in [0.25, 0.3) is 0 Å². The van der Waals surface area contributed by atoms with E-state index in [9.17, 15) is 25.5 Å². The van der Waals surface area contributed by atoms with Gasteiger partial charge in [0.2, 0.25) is 0 Å². The van der Waals surface area contributed by atoms with Crippen LogP contribution in [0.4, 0.5) is 0 Å². The molecule has 0 bridgehead atoms. The van der Waals surface area contributed by atoms with Gasteiger partial charge < -0.3 is 49.2 Å². The van der Waals surface area contributed by atoms with E-state index in [1.54, 1.807) is 6.92 Å². The molecule has 10 heteroatoms. The van der Waals surface area contributed by atoms with Gasteiger partial charge in [0.1, 0.15) is 54.9 Å². The third-order valence-electron chi connectivity index (χ3n) is 5.17. The summed E-state index contributed by atoms with van der Waals surface area (Å²) in [6, 6.07) is 0. The number of rotatable bonds is 8. The molecule has 0 saturated carbocycles. The summed E-state index contributed by atoms with van der Waals surface area (Å²) in [6.45, 7) is 1.81. The van der Waals surface area contributed by atoms with Gasteiger partial charge in [-0.1, -0.05) is 6.92 Å². The smallest absolute Gasteiger partial charge is 0.114 e. The molecule has 0 unspecified atom stereocenters. The average Bonchev–Trinajstić information content (AvgIpc) is 2.65. The van der Waals surface area contributed by atoms with E-state index in [0.29, 0.717) is 6.42 Å². The summed E-state index contributed by atoms with van der Waals surface area (Å²) in [5, 5.41) is 50.4. The van der Waals surface area contributed by atoms with E-state index in [4.69, 9.17) is 23.7 Å². The van der Waals surface area contributed by atoms with Crippen molar-refractivity contribution in [1.29, 1.82) is 0 Å². The molecule has 2 aliphatic rings. The Hall–Kier alpha value is -0.400. The van der Waals surface area contributed by atoms with Crippen molar-refractivity contribution < 1.29 is 49.2 Å². The van der Waals surface area contributed by atoms with Gasteiger partial charge in [-0.25, -0.2) is 0 Å². The van der Waals surface area contributed by atoms with Crippen LogP contribution in [0.15, 0.2) is 0 Å². The van der Waals surface area contributed by atoms with Gasteiger partial charge in [-0.3, -0.25) is 0 Å². The number of aliphatic hydroxyl groups is 5. The lowest BCUT2D eigenvalue weighted by atomic mass is 9.94. The number of hydrogen-bond acceptors (Lipinski definition) is 10. The minimum absolute atomic E-state index is 0.0457. The molecular formula is C17H32O10. The Morgan fingerprint density at radius 1 is 0.667 bits per heavy atom. The van der Waals surface area contributed by atoms with Crippen molar-refractivity contribution in [2.24, 2.45) is 0 Å². The van der Waals surface area contributed by atoms with E-state index in [1.165, 1.54) is 14.2 Å². The van der Waals surface area contributed by atoms with E-state index in [0.717, 1.165) is 0 Å². The maximum Gasteiger partial charge on any atom is 0.114 e. The van der Waals surface area contributed by atoms with E-state index in [1.807, 2.05) is 0 Å². The van der Waals surface area contributed by atoms with Gasteiger partial charge in [0.25, 0.3) is 0 Å². The molecule has 0 aliphatic carbocycles. The Bertz CT molecular complexity index is 436. The normalized spacial score (nSPS) is 45.8. The van der Waals surface area contributed by atoms with Crippen LogP contribution in [0.3, 0.4) is 0 Å². The zero-order valence-electron chi connectivity index (χ0n) is 15.9. The number of ether oxygens (including phenoxy) is 5. The molecule has 2 fully saturated rings. The Morgan fingerprint density at radius 3 is 1.67 bits per heavy atom. The Balaban J connectivity index is 1.91. The fourth-order valence-electron chi connectivity index (χ4n) is 3.53. The van der Waals surface area contributed by atoms with Crippen molar-refractivity contribution in [3.05, 3.63) is 0 Å². The summed E-state index contributed by atoms with van der Waals surface area (Å²) in [5.41, 5.74) is 0. The summed E-state index contributed by atoms with van der Waals surface area (Å²) in [7, 11) is 2.86. The minimum Gasteiger partial charge on any atom is -0.388 e. The average molecular weight is 396 g/mol. The lowest BCUT2D eigenvalue weighted by Gasteiger charge is -2.42. The highest BCUT2D eigenvalue weighted by Gasteiger charge is 2.46. The van der Waals surface area contributed by atoms with Crippen LogP contribution in [0, 0.1) is 0 Å². The molecule has 2 aliphatic heterocycles. The van der Waals surface area contributed by atoms with Crippen LogP contribution in [-0.4, -0.2) is 121 Å². The van der Waals surface area contributed by atoms with Crippen molar-refractivity contribution in [3.8, 4) is 0 Å². The molecule has 160 valence electrons. The molecule has 0 radical (unpaired) electrons.